The Morgan fingerprint density at radius 1 is 0.864 bits per heavy atom. The molecule has 230 valence electrons. The summed E-state index contributed by atoms with van der Waals surface area (Å²) in [7, 11) is -1.63. The molecule has 0 saturated carbocycles. The molecule has 0 fully saturated rings. The van der Waals surface area contributed by atoms with Gasteiger partial charge in [-0.2, -0.15) is 0 Å². The quantitative estimate of drug-likeness (QED) is 0.191. The highest BCUT2D eigenvalue weighted by molar-refractivity contribution is 7.92. The molecule has 0 aromatic heterocycles. The van der Waals surface area contributed by atoms with Gasteiger partial charge in [-0.3, -0.25) is 13.9 Å². The van der Waals surface area contributed by atoms with Gasteiger partial charge in [0.15, 0.2) is 17.3 Å². The topological polar surface area (TPSA) is 102 Å². The summed E-state index contributed by atoms with van der Waals surface area (Å²) in [5.74, 6) is -1.24. The Bertz CT molecular complexity index is 1800. The highest BCUT2D eigenvalue weighted by Gasteiger charge is 2.29. The Kier molecular flexibility index (Phi) is 9.66. The molecule has 0 aliphatic heterocycles. The van der Waals surface area contributed by atoms with E-state index in [0.717, 1.165) is 22.0 Å². The molecule has 0 radical (unpaired) electrons. The number of carbonyl (C=O) groups excluding carboxylic acids is 2. The van der Waals surface area contributed by atoms with Gasteiger partial charge in [-0.25, -0.2) is 12.8 Å². The van der Waals surface area contributed by atoms with E-state index in [1.807, 2.05) is 12.1 Å². The number of sulfonamides is 1. The first kappa shape index (κ1) is 32.5. The first-order valence-electron chi connectivity index (χ1n) is 13.5. The number of nitrogens with zero attached hydrogens (tertiary/aromatic N) is 1. The van der Waals surface area contributed by atoms with E-state index in [0.29, 0.717) is 16.9 Å². The zero-order chi connectivity index (χ0) is 32.2. The number of methoxy groups -OCH3 is 2. The van der Waals surface area contributed by atoms with E-state index in [1.165, 1.54) is 44.6 Å². The molecule has 0 atom stereocenters. The molecule has 1 N–H and O–H groups in total. The van der Waals surface area contributed by atoms with Crippen molar-refractivity contribution in [2.45, 2.75) is 31.1 Å². The van der Waals surface area contributed by atoms with E-state index in [1.54, 1.807) is 30.3 Å². The summed E-state index contributed by atoms with van der Waals surface area (Å²) in [6, 6.07) is 21.0. The molecule has 44 heavy (non-hydrogen) atoms. The summed E-state index contributed by atoms with van der Waals surface area (Å²) < 4.78 is 52.9. The molecular formula is C33H32ClFN2O6S. The van der Waals surface area contributed by atoms with Gasteiger partial charge < -0.3 is 14.8 Å². The molecule has 4 rings (SSSR count). The average molecular weight is 639 g/mol. The second-order valence-corrected chi connectivity index (χ2v) is 13.2. The monoisotopic (exact) mass is 638 g/mol. The van der Waals surface area contributed by atoms with Crippen molar-refractivity contribution < 1.29 is 31.9 Å². The Hall–Kier alpha value is -4.41. The third-order valence-corrected chi connectivity index (χ3v) is 8.90. The number of benzene rings is 4. The zero-order valence-electron chi connectivity index (χ0n) is 24.9. The Balaban J connectivity index is 1.62. The van der Waals surface area contributed by atoms with Crippen molar-refractivity contribution >= 4 is 44.7 Å². The number of ether oxygens (including phenoxy) is 2. The number of amides is 1. The fraction of sp³-hybridized carbons (Fsp3) is 0.212. The molecule has 1 amide bonds. The molecule has 0 heterocycles. The van der Waals surface area contributed by atoms with Crippen LogP contribution in [0, 0.1) is 5.82 Å². The molecule has 0 aliphatic carbocycles. The standard InChI is InChI=1S/C33H32ClFN2O6S/c1-33(2,3)23-11-9-21(10-12-23)32(39)22-7-6-8-24(17-22)36-31(38)20-37(25-13-15-28(35)27(34)18-25)44(40,41)26-14-16-29(42-4)30(19-26)43-5/h6-19H,20H2,1-5H3,(H,36,38). The molecule has 0 bridgehead atoms. The first-order chi connectivity index (χ1) is 20.7. The van der Waals surface area contributed by atoms with Crippen LogP contribution in [0.5, 0.6) is 11.5 Å². The third-order valence-electron chi connectivity index (χ3n) is 6.84. The van der Waals surface area contributed by atoms with Gasteiger partial charge in [0, 0.05) is 22.9 Å². The van der Waals surface area contributed by atoms with Crippen LogP contribution in [0.4, 0.5) is 15.8 Å². The van der Waals surface area contributed by atoms with E-state index in [4.69, 9.17) is 21.1 Å². The summed E-state index contributed by atoms with van der Waals surface area (Å²) in [4.78, 5) is 26.3. The summed E-state index contributed by atoms with van der Waals surface area (Å²) >= 11 is 5.97. The summed E-state index contributed by atoms with van der Waals surface area (Å²) in [6.45, 7) is 5.56. The lowest BCUT2D eigenvalue weighted by Crippen LogP contribution is -2.38. The van der Waals surface area contributed by atoms with E-state index >= 15 is 0 Å². The number of hydrogen-bond acceptors (Lipinski definition) is 6. The van der Waals surface area contributed by atoms with E-state index in [2.05, 4.69) is 26.1 Å². The number of ketones is 1. The maximum atomic E-state index is 14.0. The maximum absolute atomic E-state index is 14.0. The van der Waals surface area contributed by atoms with E-state index in [9.17, 15) is 22.4 Å². The minimum absolute atomic E-state index is 0.0380. The fourth-order valence-electron chi connectivity index (χ4n) is 4.42. The number of halogens is 2. The second kappa shape index (κ2) is 13.1. The van der Waals surface area contributed by atoms with Crippen LogP contribution in [-0.4, -0.2) is 40.9 Å². The average Bonchev–Trinajstić information content (AvgIpc) is 3.00. The van der Waals surface area contributed by atoms with Gasteiger partial charge in [-0.1, -0.05) is 68.8 Å². The molecule has 0 spiro atoms. The van der Waals surface area contributed by atoms with Gasteiger partial charge in [0.05, 0.1) is 29.8 Å². The first-order valence-corrected chi connectivity index (χ1v) is 15.3. The Morgan fingerprint density at radius 3 is 2.16 bits per heavy atom. The molecule has 4 aromatic rings. The Morgan fingerprint density at radius 2 is 1.55 bits per heavy atom. The number of carbonyl (C=O) groups is 2. The van der Waals surface area contributed by atoms with Crippen LogP contribution in [0.2, 0.25) is 5.02 Å². The Labute approximate surface area is 261 Å². The van der Waals surface area contributed by atoms with E-state index in [-0.39, 0.29) is 38.2 Å². The van der Waals surface area contributed by atoms with Gasteiger partial charge in [-0.05, 0) is 53.4 Å². The smallest absolute Gasteiger partial charge is 0.264 e. The van der Waals surface area contributed by atoms with Gasteiger partial charge in [0.2, 0.25) is 5.91 Å². The predicted molar refractivity (Wildman–Crippen MR) is 169 cm³/mol. The predicted octanol–water partition coefficient (Wildman–Crippen LogP) is 6.86. The van der Waals surface area contributed by atoms with Crippen LogP contribution in [0.15, 0.2) is 89.8 Å². The molecular weight excluding hydrogens is 607 g/mol. The van der Waals surface area contributed by atoms with Gasteiger partial charge in [0.25, 0.3) is 10.0 Å². The molecule has 11 heteroatoms. The third kappa shape index (κ3) is 7.20. The lowest BCUT2D eigenvalue weighted by atomic mass is 9.86. The van der Waals surface area contributed by atoms with Crippen molar-refractivity contribution in [1.29, 1.82) is 0 Å². The van der Waals surface area contributed by atoms with Crippen molar-refractivity contribution in [3.05, 3.63) is 112 Å². The lowest BCUT2D eigenvalue weighted by Gasteiger charge is -2.25. The highest BCUT2D eigenvalue weighted by atomic mass is 35.5. The van der Waals surface area contributed by atoms with Crippen LogP contribution in [0.1, 0.15) is 42.3 Å². The number of anilines is 2. The summed E-state index contributed by atoms with van der Waals surface area (Å²) in [5.41, 5.74) is 2.10. The number of nitrogens with one attached hydrogen (secondary N) is 1. The highest BCUT2D eigenvalue weighted by Crippen LogP contribution is 2.33. The molecule has 8 nitrogen and oxygen atoms in total. The summed E-state index contributed by atoms with van der Waals surface area (Å²) in [6.07, 6.45) is 0. The number of rotatable bonds is 10. The van der Waals surface area contributed by atoms with Crippen molar-refractivity contribution in [2.24, 2.45) is 0 Å². The molecule has 0 aliphatic rings. The molecule has 0 unspecified atom stereocenters. The fourth-order valence-corrected chi connectivity index (χ4v) is 6.02. The lowest BCUT2D eigenvalue weighted by molar-refractivity contribution is -0.114. The van der Waals surface area contributed by atoms with Crippen molar-refractivity contribution in [3.8, 4) is 11.5 Å². The minimum atomic E-state index is -4.40. The molecule has 0 saturated heterocycles. The van der Waals surface area contributed by atoms with Crippen LogP contribution < -0.4 is 19.1 Å². The normalized spacial score (nSPS) is 11.5. The minimum Gasteiger partial charge on any atom is -0.493 e. The van der Waals surface area contributed by atoms with Crippen molar-refractivity contribution in [3.63, 3.8) is 0 Å². The van der Waals surface area contributed by atoms with Crippen LogP contribution in [0.3, 0.4) is 0 Å². The van der Waals surface area contributed by atoms with Crippen LogP contribution in [-0.2, 0) is 20.2 Å². The second-order valence-electron chi connectivity index (χ2n) is 10.9. The summed E-state index contributed by atoms with van der Waals surface area (Å²) in [5, 5.41) is 2.34. The van der Waals surface area contributed by atoms with E-state index < -0.39 is 28.3 Å². The maximum Gasteiger partial charge on any atom is 0.264 e. The van der Waals surface area contributed by atoms with Gasteiger partial charge >= 0.3 is 0 Å². The molecule has 4 aromatic carbocycles. The van der Waals surface area contributed by atoms with Gasteiger partial charge in [0.1, 0.15) is 12.4 Å². The largest absolute Gasteiger partial charge is 0.493 e. The number of hydrogen-bond donors (Lipinski definition) is 1. The van der Waals surface area contributed by atoms with Crippen molar-refractivity contribution in [1.82, 2.24) is 0 Å². The SMILES string of the molecule is COc1ccc(S(=O)(=O)N(CC(=O)Nc2cccc(C(=O)c3ccc(C(C)(C)C)cc3)c2)c2ccc(F)c(Cl)c2)cc1OC. The van der Waals surface area contributed by atoms with Crippen LogP contribution >= 0.6 is 11.6 Å². The van der Waals surface area contributed by atoms with Gasteiger partial charge in [-0.15, -0.1) is 0 Å². The van der Waals surface area contributed by atoms with Crippen LogP contribution in [0.25, 0.3) is 0 Å². The zero-order valence-corrected chi connectivity index (χ0v) is 26.4. The van der Waals surface area contributed by atoms with Crippen molar-refractivity contribution in [2.75, 3.05) is 30.4 Å².